The van der Waals surface area contributed by atoms with Gasteiger partial charge in [-0.1, -0.05) is 0 Å². The summed E-state index contributed by atoms with van der Waals surface area (Å²) in [4.78, 5) is 11.3. The van der Waals surface area contributed by atoms with Gasteiger partial charge >= 0.3 is 0 Å². The van der Waals surface area contributed by atoms with Crippen LogP contribution in [0.5, 0.6) is 0 Å². The van der Waals surface area contributed by atoms with E-state index in [2.05, 4.69) is 15.5 Å². The van der Waals surface area contributed by atoms with Gasteiger partial charge in [-0.25, -0.2) is 0 Å². The van der Waals surface area contributed by atoms with Crippen LogP contribution in [-0.2, 0) is 23.1 Å². The molecule has 0 spiro atoms. The fourth-order valence-corrected chi connectivity index (χ4v) is 0.884. The third-order valence-corrected chi connectivity index (χ3v) is 1.95. The van der Waals surface area contributed by atoms with Gasteiger partial charge in [-0.05, 0) is 6.92 Å². The molecule has 6 nitrogen and oxygen atoms in total. The van der Waals surface area contributed by atoms with Crippen molar-refractivity contribution in [2.45, 2.75) is 19.6 Å². The maximum atomic E-state index is 11.3. The van der Waals surface area contributed by atoms with E-state index in [1.54, 1.807) is 17.8 Å². The van der Waals surface area contributed by atoms with Crippen molar-refractivity contribution in [2.75, 3.05) is 7.11 Å². The maximum Gasteiger partial charge on any atom is 0.249 e. The normalized spacial score (nSPS) is 12.5. The van der Waals surface area contributed by atoms with Gasteiger partial charge < -0.3 is 14.6 Å². The summed E-state index contributed by atoms with van der Waals surface area (Å²) in [5.41, 5.74) is 0. The number of carbonyl (C=O) groups is 1. The molecule has 0 fully saturated rings. The number of rotatable bonds is 4. The summed E-state index contributed by atoms with van der Waals surface area (Å²) in [7, 11) is 3.31. The van der Waals surface area contributed by atoms with Crippen molar-refractivity contribution in [2.24, 2.45) is 7.05 Å². The Hall–Kier alpha value is -1.43. The first-order chi connectivity index (χ1) is 6.65. The van der Waals surface area contributed by atoms with Gasteiger partial charge in [0.25, 0.3) is 0 Å². The van der Waals surface area contributed by atoms with Crippen LogP contribution in [-0.4, -0.2) is 33.9 Å². The first kappa shape index (κ1) is 10.6. The lowest BCUT2D eigenvalue weighted by molar-refractivity contribution is -0.130. The Morgan fingerprint density at radius 2 is 2.50 bits per heavy atom. The molecule has 6 heteroatoms. The number of nitrogens with one attached hydrogen (secondary N) is 1. The van der Waals surface area contributed by atoms with Gasteiger partial charge in [0, 0.05) is 14.2 Å². The molecule has 1 atom stereocenters. The van der Waals surface area contributed by atoms with Gasteiger partial charge in [0.15, 0.2) is 5.82 Å². The van der Waals surface area contributed by atoms with Gasteiger partial charge in [0.05, 0.1) is 6.54 Å². The Bertz CT molecular complexity index is 310. The van der Waals surface area contributed by atoms with E-state index in [1.165, 1.54) is 7.11 Å². The Morgan fingerprint density at radius 3 is 3.00 bits per heavy atom. The number of carbonyl (C=O) groups excluding carboxylic acids is 1. The second kappa shape index (κ2) is 4.71. The van der Waals surface area contributed by atoms with Crippen LogP contribution >= 0.6 is 0 Å². The van der Waals surface area contributed by atoms with E-state index < -0.39 is 6.10 Å². The van der Waals surface area contributed by atoms with Gasteiger partial charge in [-0.15, -0.1) is 10.2 Å². The van der Waals surface area contributed by atoms with E-state index in [-0.39, 0.29) is 5.91 Å². The molecular formula is C8H14N4O2. The molecule has 0 saturated heterocycles. The second-order valence-electron chi connectivity index (χ2n) is 2.95. The van der Waals surface area contributed by atoms with Gasteiger partial charge in [-0.2, -0.15) is 0 Å². The predicted molar refractivity (Wildman–Crippen MR) is 49.3 cm³/mol. The van der Waals surface area contributed by atoms with Crippen molar-refractivity contribution in [3.05, 3.63) is 12.2 Å². The van der Waals surface area contributed by atoms with Crippen molar-refractivity contribution < 1.29 is 9.53 Å². The van der Waals surface area contributed by atoms with Crippen molar-refractivity contribution in [3.63, 3.8) is 0 Å². The highest BCUT2D eigenvalue weighted by Crippen LogP contribution is 1.92. The Kier molecular flexibility index (Phi) is 3.58. The average Bonchev–Trinajstić information content (AvgIpc) is 2.59. The number of hydrogen-bond donors (Lipinski definition) is 1. The monoisotopic (exact) mass is 198 g/mol. The standard InChI is InChI=1S/C8H14N4O2/c1-6(14-3)8(13)9-4-7-11-10-5-12(7)2/h5-6H,4H2,1-3H3,(H,9,13). The predicted octanol–water partition coefficient (Wildman–Crippen LogP) is -0.534. The second-order valence-corrected chi connectivity index (χ2v) is 2.95. The molecule has 14 heavy (non-hydrogen) atoms. The summed E-state index contributed by atoms with van der Waals surface area (Å²) in [5.74, 6) is 0.553. The lowest BCUT2D eigenvalue weighted by Gasteiger charge is -2.09. The van der Waals surface area contributed by atoms with Crippen LogP contribution in [0, 0.1) is 0 Å². The highest BCUT2D eigenvalue weighted by molar-refractivity contribution is 5.80. The third kappa shape index (κ3) is 2.53. The molecule has 78 valence electrons. The lowest BCUT2D eigenvalue weighted by Crippen LogP contribution is -2.34. The smallest absolute Gasteiger partial charge is 0.249 e. The minimum absolute atomic E-state index is 0.157. The fraction of sp³-hybridized carbons (Fsp3) is 0.625. The van der Waals surface area contributed by atoms with E-state index in [4.69, 9.17) is 4.74 Å². The van der Waals surface area contributed by atoms with Gasteiger partial charge in [-0.3, -0.25) is 4.79 Å². The van der Waals surface area contributed by atoms with Gasteiger partial charge in [0.1, 0.15) is 12.4 Å². The highest BCUT2D eigenvalue weighted by Gasteiger charge is 2.11. The molecule has 0 aromatic carbocycles. The molecule has 0 aliphatic carbocycles. The minimum atomic E-state index is -0.441. The molecule has 1 aromatic rings. The minimum Gasteiger partial charge on any atom is -0.372 e. The third-order valence-electron chi connectivity index (χ3n) is 1.95. The molecule has 1 amide bonds. The summed E-state index contributed by atoms with van der Waals surface area (Å²) in [6.07, 6.45) is 1.14. The number of amides is 1. The average molecular weight is 198 g/mol. The Morgan fingerprint density at radius 1 is 1.79 bits per heavy atom. The first-order valence-electron chi connectivity index (χ1n) is 4.28. The molecule has 1 heterocycles. The summed E-state index contributed by atoms with van der Waals surface area (Å²) in [6, 6.07) is 0. The topological polar surface area (TPSA) is 69.0 Å². The SMILES string of the molecule is COC(C)C(=O)NCc1nncn1C. The van der Waals surface area contributed by atoms with Crippen molar-refractivity contribution in [3.8, 4) is 0 Å². The van der Waals surface area contributed by atoms with Crippen LogP contribution in [0.25, 0.3) is 0 Å². The number of ether oxygens (including phenoxy) is 1. The Labute approximate surface area is 82.3 Å². The molecule has 0 aliphatic heterocycles. The van der Waals surface area contributed by atoms with Crippen molar-refractivity contribution >= 4 is 5.91 Å². The summed E-state index contributed by atoms with van der Waals surface area (Å²) in [5, 5.41) is 10.2. The van der Waals surface area contributed by atoms with Crippen LogP contribution in [0.2, 0.25) is 0 Å². The number of methoxy groups -OCH3 is 1. The van der Waals surface area contributed by atoms with E-state index in [9.17, 15) is 4.79 Å². The zero-order chi connectivity index (χ0) is 10.6. The number of aromatic nitrogens is 3. The zero-order valence-corrected chi connectivity index (χ0v) is 8.52. The summed E-state index contributed by atoms with van der Waals surface area (Å²) in [6.45, 7) is 2.05. The lowest BCUT2D eigenvalue weighted by atomic mass is 10.4. The quantitative estimate of drug-likeness (QED) is 0.706. The first-order valence-corrected chi connectivity index (χ1v) is 4.28. The van der Waals surface area contributed by atoms with Crippen LogP contribution in [0.1, 0.15) is 12.7 Å². The van der Waals surface area contributed by atoms with Crippen LogP contribution in [0.4, 0.5) is 0 Å². The Balaban J connectivity index is 2.41. The van der Waals surface area contributed by atoms with E-state index in [1.807, 2.05) is 7.05 Å². The van der Waals surface area contributed by atoms with E-state index in [0.717, 1.165) is 0 Å². The molecule has 1 unspecified atom stereocenters. The highest BCUT2D eigenvalue weighted by atomic mass is 16.5. The number of hydrogen-bond acceptors (Lipinski definition) is 4. The van der Waals surface area contributed by atoms with E-state index >= 15 is 0 Å². The summed E-state index contributed by atoms with van der Waals surface area (Å²) >= 11 is 0. The summed E-state index contributed by atoms with van der Waals surface area (Å²) < 4.78 is 6.60. The molecular weight excluding hydrogens is 184 g/mol. The maximum absolute atomic E-state index is 11.3. The molecule has 0 radical (unpaired) electrons. The van der Waals surface area contributed by atoms with Crippen LogP contribution in [0.15, 0.2) is 6.33 Å². The molecule has 0 bridgehead atoms. The largest absolute Gasteiger partial charge is 0.372 e. The van der Waals surface area contributed by atoms with Crippen LogP contribution < -0.4 is 5.32 Å². The zero-order valence-electron chi connectivity index (χ0n) is 8.52. The van der Waals surface area contributed by atoms with Crippen molar-refractivity contribution in [1.29, 1.82) is 0 Å². The van der Waals surface area contributed by atoms with Crippen LogP contribution in [0.3, 0.4) is 0 Å². The molecule has 1 N–H and O–H groups in total. The fourth-order valence-electron chi connectivity index (χ4n) is 0.884. The molecule has 1 aromatic heterocycles. The van der Waals surface area contributed by atoms with Crippen molar-refractivity contribution in [1.82, 2.24) is 20.1 Å². The van der Waals surface area contributed by atoms with E-state index in [0.29, 0.717) is 12.4 Å². The molecule has 1 rings (SSSR count). The van der Waals surface area contributed by atoms with Gasteiger partial charge in [0.2, 0.25) is 5.91 Å². The number of aryl methyl sites for hydroxylation is 1. The molecule has 0 aliphatic rings. The molecule has 0 saturated carbocycles. The number of nitrogens with zero attached hydrogens (tertiary/aromatic N) is 3.